The predicted octanol–water partition coefficient (Wildman–Crippen LogP) is 11.2. The van der Waals surface area contributed by atoms with Crippen molar-refractivity contribution in [3.63, 3.8) is 0 Å². The van der Waals surface area contributed by atoms with E-state index in [1.54, 1.807) is 6.20 Å². The zero-order chi connectivity index (χ0) is 33.5. The first-order valence-corrected chi connectivity index (χ1v) is 16.3. The number of hydrogen-bond acceptors (Lipinski definition) is 4. The number of fused-ring (bicyclic) bond motifs is 2. The van der Waals surface area contributed by atoms with Gasteiger partial charge in [-0.05, 0) is 115 Å². The molecule has 0 atom stereocenters. The average molecular weight is 632 g/mol. The lowest BCUT2D eigenvalue weighted by molar-refractivity contribution is 1.12. The Balaban J connectivity index is 1.37. The van der Waals surface area contributed by atoms with Crippen LogP contribution in [0.25, 0.3) is 78.5 Å². The molecule has 234 valence electrons. The maximum Gasteiger partial charge on any atom is 0.137 e. The van der Waals surface area contributed by atoms with E-state index in [0.717, 1.165) is 95.1 Å². The van der Waals surface area contributed by atoms with Gasteiger partial charge in [0.15, 0.2) is 0 Å². The van der Waals surface area contributed by atoms with Crippen LogP contribution in [-0.2, 0) is 0 Å². The van der Waals surface area contributed by atoms with E-state index in [4.69, 9.17) is 9.97 Å². The summed E-state index contributed by atoms with van der Waals surface area (Å²) in [5.74, 6) is 0. The van der Waals surface area contributed by atoms with Crippen molar-refractivity contribution in [2.45, 2.75) is 13.8 Å². The third-order valence-corrected chi connectivity index (χ3v) is 8.98. The fraction of sp³-hybridized carbons (Fsp3) is 0.0455. The largest absolute Gasteiger partial charge is 0.299 e. The monoisotopic (exact) mass is 631 g/mol. The molecule has 0 bridgehead atoms. The summed E-state index contributed by atoms with van der Waals surface area (Å²) in [4.78, 5) is 18.9. The minimum Gasteiger partial charge on any atom is -0.299 e. The first-order chi connectivity index (χ1) is 24.0. The molecule has 0 saturated heterocycles. The second-order valence-electron chi connectivity index (χ2n) is 12.2. The maximum atomic E-state index is 5.14. The quantitative estimate of drug-likeness (QED) is 0.164. The molecule has 5 heteroatoms. The zero-order valence-electron chi connectivity index (χ0n) is 27.4. The number of rotatable bonds is 7. The van der Waals surface area contributed by atoms with Crippen molar-refractivity contribution in [3.05, 3.63) is 157 Å². The Morgan fingerprint density at radius 1 is 0.633 bits per heavy atom. The highest BCUT2D eigenvalue weighted by atomic mass is 15.0. The van der Waals surface area contributed by atoms with Gasteiger partial charge in [-0.15, -0.1) is 0 Å². The summed E-state index contributed by atoms with van der Waals surface area (Å²) in [5.41, 5.74) is 16.0. The van der Waals surface area contributed by atoms with E-state index in [9.17, 15) is 0 Å². The van der Waals surface area contributed by atoms with Gasteiger partial charge in [-0.1, -0.05) is 73.3 Å². The van der Waals surface area contributed by atoms with Crippen LogP contribution in [0.2, 0.25) is 0 Å². The molecule has 5 nitrogen and oxygen atoms in total. The van der Waals surface area contributed by atoms with Crippen molar-refractivity contribution in [2.75, 3.05) is 0 Å². The second kappa shape index (κ2) is 12.3. The summed E-state index contributed by atoms with van der Waals surface area (Å²) < 4.78 is 2.17. The molecule has 0 saturated carbocycles. The Bertz CT molecular complexity index is 2540. The van der Waals surface area contributed by atoms with Gasteiger partial charge in [-0.2, -0.15) is 0 Å². The second-order valence-corrected chi connectivity index (χ2v) is 12.2. The number of aliphatic imine (C=N–C) groups is 1. The highest BCUT2D eigenvalue weighted by Crippen LogP contribution is 2.41. The molecular formula is C44H33N5. The maximum absolute atomic E-state index is 5.14. The van der Waals surface area contributed by atoms with E-state index < -0.39 is 0 Å². The summed E-state index contributed by atoms with van der Waals surface area (Å²) in [7, 11) is 0. The van der Waals surface area contributed by atoms with E-state index in [-0.39, 0.29) is 0 Å². The molecular weight excluding hydrogens is 599 g/mol. The lowest BCUT2D eigenvalue weighted by atomic mass is 9.90. The molecule has 0 radical (unpaired) electrons. The molecule has 4 aromatic heterocycles. The van der Waals surface area contributed by atoms with Gasteiger partial charge in [0.05, 0.1) is 22.6 Å². The standard InChI is InChI=1S/C44H33N5/c1-5-30-27-39(38-17-12-19-46-43(38)41(30)45-4)37-25-35(24-36(26-37)34-21-28(2)47-29(3)22-34)32-15-11-16-33(23-32)42-44(31-13-7-6-8-14-31)49-20-10-9-18-40(49)48-42/h5-27H,1,4H2,2-3H3. The Kier molecular flexibility index (Phi) is 7.50. The molecule has 8 aromatic rings. The van der Waals surface area contributed by atoms with Crippen molar-refractivity contribution in [1.29, 1.82) is 0 Å². The normalized spacial score (nSPS) is 11.2. The first kappa shape index (κ1) is 29.9. The third-order valence-electron chi connectivity index (χ3n) is 8.98. The fourth-order valence-electron chi connectivity index (χ4n) is 6.84. The van der Waals surface area contributed by atoms with E-state index in [1.807, 2.05) is 44.2 Å². The molecule has 0 aliphatic carbocycles. The van der Waals surface area contributed by atoms with E-state index in [0.29, 0.717) is 0 Å². The molecule has 8 rings (SSSR count). The van der Waals surface area contributed by atoms with Gasteiger partial charge >= 0.3 is 0 Å². The highest BCUT2D eigenvalue weighted by Gasteiger charge is 2.18. The lowest BCUT2D eigenvalue weighted by Crippen LogP contribution is -1.92. The van der Waals surface area contributed by atoms with Crippen LogP contribution in [0.15, 0.2) is 145 Å². The van der Waals surface area contributed by atoms with Crippen molar-refractivity contribution >= 4 is 35.0 Å². The Hall–Kier alpha value is -6.46. The summed E-state index contributed by atoms with van der Waals surface area (Å²) in [6, 6.07) is 42.6. The van der Waals surface area contributed by atoms with E-state index >= 15 is 0 Å². The van der Waals surface area contributed by atoms with Crippen molar-refractivity contribution < 1.29 is 0 Å². The summed E-state index contributed by atoms with van der Waals surface area (Å²) in [5, 5.41) is 1.01. The van der Waals surface area contributed by atoms with Gasteiger partial charge in [0.25, 0.3) is 0 Å². The lowest BCUT2D eigenvalue weighted by Gasteiger charge is -2.16. The molecule has 0 N–H and O–H groups in total. The fourth-order valence-corrected chi connectivity index (χ4v) is 6.84. The number of hydrogen-bond donors (Lipinski definition) is 0. The topological polar surface area (TPSA) is 55.4 Å². The molecule has 4 heterocycles. The van der Waals surface area contributed by atoms with Gasteiger partial charge in [0.1, 0.15) is 5.65 Å². The van der Waals surface area contributed by atoms with Gasteiger partial charge in [-0.3, -0.25) is 19.4 Å². The van der Waals surface area contributed by atoms with Crippen LogP contribution in [0, 0.1) is 13.8 Å². The molecule has 0 fully saturated rings. The van der Waals surface area contributed by atoms with Crippen molar-refractivity contribution in [2.24, 2.45) is 4.99 Å². The molecule has 4 aromatic carbocycles. The van der Waals surface area contributed by atoms with Gasteiger partial charge in [0.2, 0.25) is 0 Å². The number of pyridine rings is 3. The number of aromatic nitrogens is 4. The molecule has 0 aliphatic heterocycles. The Morgan fingerprint density at radius 3 is 2.08 bits per heavy atom. The Labute approximate surface area is 285 Å². The third kappa shape index (κ3) is 5.41. The molecule has 0 amide bonds. The Morgan fingerprint density at radius 2 is 1.31 bits per heavy atom. The molecule has 0 aliphatic rings. The predicted molar refractivity (Wildman–Crippen MR) is 204 cm³/mol. The highest BCUT2D eigenvalue weighted by molar-refractivity contribution is 6.04. The number of aryl methyl sites for hydroxylation is 2. The number of imidazole rings is 1. The van der Waals surface area contributed by atoms with Crippen LogP contribution in [0.4, 0.5) is 5.69 Å². The van der Waals surface area contributed by atoms with Crippen LogP contribution in [0.3, 0.4) is 0 Å². The summed E-state index contributed by atoms with van der Waals surface area (Å²) in [6.45, 7) is 12.0. The molecule has 0 unspecified atom stereocenters. The summed E-state index contributed by atoms with van der Waals surface area (Å²) in [6.07, 6.45) is 5.70. The van der Waals surface area contributed by atoms with Crippen molar-refractivity contribution in [3.8, 4) is 55.9 Å². The van der Waals surface area contributed by atoms with Crippen LogP contribution in [0.5, 0.6) is 0 Å². The van der Waals surface area contributed by atoms with Crippen LogP contribution < -0.4 is 0 Å². The average Bonchev–Trinajstić information content (AvgIpc) is 3.54. The van der Waals surface area contributed by atoms with Crippen LogP contribution in [-0.4, -0.2) is 26.1 Å². The minimum atomic E-state index is 0.737. The van der Waals surface area contributed by atoms with Gasteiger partial charge in [0, 0.05) is 45.9 Å². The van der Waals surface area contributed by atoms with Crippen LogP contribution >= 0.6 is 0 Å². The van der Waals surface area contributed by atoms with E-state index in [2.05, 4.69) is 131 Å². The smallest absolute Gasteiger partial charge is 0.137 e. The number of nitrogens with zero attached hydrogens (tertiary/aromatic N) is 5. The minimum absolute atomic E-state index is 0.737. The number of benzene rings is 4. The van der Waals surface area contributed by atoms with E-state index in [1.165, 1.54) is 0 Å². The van der Waals surface area contributed by atoms with Gasteiger partial charge < -0.3 is 0 Å². The zero-order valence-corrected chi connectivity index (χ0v) is 27.4. The van der Waals surface area contributed by atoms with Crippen molar-refractivity contribution in [1.82, 2.24) is 19.4 Å². The molecule has 0 spiro atoms. The van der Waals surface area contributed by atoms with Crippen LogP contribution in [0.1, 0.15) is 17.0 Å². The molecule has 49 heavy (non-hydrogen) atoms. The summed E-state index contributed by atoms with van der Waals surface area (Å²) >= 11 is 0. The first-order valence-electron chi connectivity index (χ1n) is 16.3. The SMILES string of the molecule is C=Cc1cc(-c2cc(-c3cccc(-c4nc5ccccn5c4-c4ccccc4)c3)cc(-c3cc(C)nc(C)c3)c2)c2cccnc2c1N=C. The van der Waals surface area contributed by atoms with Gasteiger partial charge in [-0.25, -0.2) is 4.98 Å².